The predicted molar refractivity (Wildman–Crippen MR) is 79.0 cm³/mol. The molecule has 0 bridgehead atoms. The number of piperazine rings is 1. The first kappa shape index (κ1) is 16.0. The number of rotatable bonds is 5. The maximum atomic E-state index is 11.8. The molecule has 0 spiro atoms. The third kappa shape index (κ3) is 4.06. The van der Waals surface area contributed by atoms with E-state index in [0.29, 0.717) is 38.6 Å². The van der Waals surface area contributed by atoms with Crippen molar-refractivity contribution >= 4 is 17.9 Å². The van der Waals surface area contributed by atoms with E-state index in [2.05, 4.69) is 10.2 Å². The molecule has 1 N–H and O–H groups in total. The Kier molecular flexibility index (Phi) is 5.51. The minimum Gasteiger partial charge on any atom is -0.476 e. The molecule has 120 valence electrons. The fourth-order valence-corrected chi connectivity index (χ4v) is 2.12. The van der Waals surface area contributed by atoms with Crippen molar-refractivity contribution in [2.24, 2.45) is 0 Å². The number of hydrogen-bond donors (Lipinski definition) is 1. The first-order valence-electron chi connectivity index (χ1n) is 7.35. The Morgan fingerprint density at radius 1 is 1.23 bits per heavy atom. The smallest absolute Gasteiger partial charge is 0.409 e. The molecule has 22 heavy (non-hydrogen) atoms. The number of aromatic carboxylic acids is 1. The summed E-state index contributed by atoms with van der Waals surface area (Å²) in [4.78, 5) is 26.2. The molecule has 0 atom stereocenters. The van der Waals surface area contributed by atoms with Crippen LogP contribution in [0.4, 0.5) is 10.6 Å². The van der Waals surface area contributed by atoms with Gasteiger partial charge in [0, 0.05) is 26.2 Å². The van der Waals surface area contributed by atoms with Crippen molar-refractivity contribution in [3.8, 4) is 0 Å². The van der Waals surface area contributed by atoms with Crippen molar-refractivity contribution < 1.29 is 19.4 Å². The molecule has 1 fully saturated rings. The third-order valence-corrected chi connectivity index (χ3v) is 3.45. The summed E-state index contributed by atoms with van der Waals surface area (Å²) in [6.45, 7) is 4.83. The van der Waals surface area contributed by atoms with E-state index in [1.54, 1.807) is 11.0 Å². The molecule has 1 amide bonds. The Morgan fingerprint density at radius 3 is 2.50 bits per heavy atom. The van der Waals surface area contributed by atoms with Gasteiger partial charge in [-0.1, -0.05) is 13.3 Å². The van der Waals surface area contributed by atoms with Gasteiger partial charge in [-0.25, -0.2) is 9.59 Å². The van der Waals surface area contributed by atoms with Gasteiger partial charge in [0.2, 0.25) is 0 Å². The van der Waals surface area contributed by atoms with Crippen molar-refractivity contribution in [1.82, 2.24) is 15.1 Å². The molecular weight excluding hydrogens is 288 g/mol. The number of carboxylic acid groups (broad SMARTS) is 1. The number of carboxylic acids is 1. The first-order valence-corrected chi connectivity index (χ1v) is 7.35. The summed E-state index contributed by atoms with van der Waals surface area (Å²) < 4.78 is 5.18. The highest BCUT2D eigenvalue weighted by atomic mass is 16.6. The number of hydrogen-bond acceptors (Lipinski definition) is 6. The van der Waals surface area contributed by atoms with Gasteiger partial charge in [-0.05, 0) is 18.6 Å². The minimum absolute atomic E-state index is 0.0816. The molecule has 1 saturated heterocycles. The van der Waals surface area contributed by atoms with Crippen LogP contribution in [0.1, 0.15) is 30.3 Å². The summed E-state index contributed by atoms with van der Waals surface area (Å²) in [7, 11) is 0. The van der Waals surface area contributed by atoms with Crippen LogP contribution in [0, 0.1) is 0 Å². The van der Waals surface area contributed by atoms with Crippen molar-refractivity contribution in [3.63, 3.8) is 0 Å². The first-order chi connectivity index (χ1) is 10.6. The van der Waals surface area contributed by atoms with E-state index >= 15 is 0 Å². The Morgan fingerprint density at radius 2 is 1.95 bits per heavy atom. The number of ether oxygens (including phenoxy) is 1. The van der Waals surface area contributed by atoms with Crippen LogP contribution < -0.4 is 4.90 Å². The molecule has 0 aliphatic carbocycles. The van der Waals surface area contributed by atoms with E-state index in [-0.39, 0.29) is 11.8 Å². The van der Waals surface area contributed by atoms with Crippen molar-refractivity contribution in [2.75, 3.05) is 37.7 Å². The summed E-state index contributed by atoms with van der Waals surface area (Å²) in [6.07, 6.45) is 1.59. The number of carbonyl (C=O) groups is 2. The number of anilines is 1. The largest absolute Gasteiger partial charge is 0.476 e. The second kappa shape index (κ2) is 7.58. The van der Waals surface area contributed by atoms with E-state index in [1.165, 1.54) is 6.07 Å². The number of carbonyl (C=O) groups excluding carboxylic acids is 1. The SMILES string of the molecule is CCCCOC(=O)N1CCN(c2ccc(C(=O)O)nn2)CC1. The van der Waals surface area contributed by atoms with Crippen LogP contribution in [-0.2, 0) is 4.74 Å². The van der Waals surface area contributed by atoms with Crippen LogP contribution in [0.25, 0.3) is 0 Å². The molecule has 0 aromatic carbocycles. The van der Waals surface area contributed by atoms with Crippen molar-refractivity contribution in [2.45, 2.75) is 19.8 Å². The number of nitrogens with zero attached hydrogens (tertiary/aromatic N) is 4. The zero-order valence-electron chi connectivity index (χ0n) is 12.6. The Balaban J connectivity index is 1.83. The molecule has 1 aromatic heterocycles. The Labute approximate surface area is 128 Å². The quantitative estimate of drug-likeness (QED) is 0.817. The zero-order chi connectivity index (χ0) is 15.9. The fraction of sp³-hybridized carbons (Fsp3) is 0.571. The number of aromatic nitrogens is 2. The molecule has 8 heteroatoms. The highest BCUT2D eigenvalue weighted by molar-refractivity contribution is 5.85. The summed E-state index contributed by atoms with van der Waals surface area (Å²) in [5, 5.41) is 16.4. The molecule has 2 heterocycles. The van der Waals surface area contributed by atoms with Gasteiger partial charge in [-0.15, -0.1) is 10.2 Å². The van der Waals surface area contributed by atoms with Gasteiger partial charge < -0.3 is 19.6 Å². The van der Waals surface area contributed by atoms with Gasteiger partial charge >= 0.3 is 12.1 Å². The number of amides is 1. The van der Waals surface area contributed by atoms with Crippen LogP contribution in [0.2, 0.25) is 0 Å². The molecule has 0 saturated carbocycles. The Bertz CT molecular complexity index is 512. The lowest BCUT2D eigenvalue weighted by atomic mass is 10.3. The van der Waals surface area contributed by atoms with E-state index in [0.717, 1.165) is 12.8 Å². The number of unbranched alkanes of at least 4 members (excludes halogenated alkanes) is 1. The minimum atomic E-state index is -1.10. The fourth-order valence-electron chi connectivity index (χ4n) is 2.12. The standard InChI is InChI=1S/C14H20N4O4/c1-2-3-10-22-14(21)18-8-6-17(7-9-18)12-5-4-11(13(19)20)15-16-12/h4-5H,2-3,6-10H2,1H3,(H,19,20). The molecule has 1 aromatic rings. The lowest BCUT2D eigenvalue weighted by molar-refractivity contribution is 0.0689. The second-order valence-corrected chi connectivity index (χ2v) is 5.02. The molecule has 1 aliphatic heterocycles. The molecule has 1 aliphatic rings. The topological polar surface area (TPSA) is 95.9 Å². The van der Waals surface area contributed by atoms with E-state index in [4.69, 9.17) is 9.84 Å². The molecule has 0 unspecified atom stereocenters. The summed E-state index contributed by atoms with van der Waals surface area (Å²) in [6, 6.07) is 3.06. The highest BCUT2D eigenvalue weighted by Gasteiger charge is 2.23. The van der Waals surface area contributed by atoms with Gasteiger partial charge in [0.15, 0.2) is 11.5 Å². The van der Waals surface area contributed by atoms with Gasteiger partial charge in [-0.2, -0.15) is 0 Å². The van der Waals surface area contributed by atoms with E-state index in [1.807, 2.05) is 11.8 Å². The van der Waals surface area contributed by atoms with Crippen LogP contribution in [-0.4, -0.2) is 65.1 Å². The average Bonchev–Trinajstić information content (AvgIpc) is 2.55. The molecule has 8 nitrogen and oxygen atoms in total. The van der Waals surface area contributed by atoms with Crippen LogP contribution >= 0.6 is 0 Å². The van der Waals surface area contributed by atoms with Crippen LogP contribution in [0.3, 0.4) is 0 Å². The average molecular weight is 308 g/mol. The van der Waals surface area contributed by atoms with Gasteiger partial charge in [0.1, 0.15) is 0 Å². The summed E-state index contributed by atoms with van der Waals surface area (Å²) in [5.74, 6) is -0.484. The summed E-state index contributed by atoms with van der Waals surface area (Å²) in [5.41, 5.74) is -0.0816. The van der Waals surface area contributed by atoms with Crippen molar-refractivity contribution in [3.05, 3.63) is 17.8 Å². The maximum absolute atomic E-state index is 11.8. The molecule has 2 rings (SSSR count). The van der Waals surface area contributed by atoms with Gasteiger partial charge in [0.05, 0.1) is 6.61 Å². The highest BCUT2D eigenvalue weighted by Crippen LogP contribution is 2.13. The second-order valence-electron chi connectivity index (χ2n) is 5.02. The van der Waals surface area contributed by atoms with Crippen molar-refractivity contribution in [1.29, 1.82) is 0 Å². The lowest BCUT2D eigenvalue weighted by Gasteiger charge is -2.34. The monoisotopic (exact) mass is 308 g/mol. The Hall–Kier alpha value is -2.38. The molecule has 0 radical (unpaired) electrons. The van der Waals surface area contributed by atoms with E-state index in [9.17, 15) is 9.59 Å². The van der Waals surface area contributed by atoms with Gasteiger partial charge in [-0.3, -0.25) is 0 Å². The zero-order valence-corrected chi connectivity index (χ0v) is 12.6. The predicted octanol–water partition coefficient (Wildman–Crippen LogP) is 1.23. The lowest BCUT2D eigenvalue weighted by Crippen LogP contribution is -2.49. The normalized spacial score (nSPS) is 14.8. The van der Waals surface area contributed by atoms with Gasteiger partial charge in [0.25, 0.3) is 0 Å². The maximum Gasteiger partial charge on any atom is 0.409 e. The van der Waals surface area contributed by atoms with Crippen LogP contribution in [0.5, 0.6) is 0 Å². The van der Waals surface area contributed by atoms with E-state index < -0.39 is 5.97 Å². The molecular formula is C14H20N4O4. The summed E-state index contributed by atoms with van der Waals surface area (Å²) >= 11 is 0. The van der Waals surface area contributed by atoms with Crippen LogP contribution in [0.15, 0.2) is 12.1 Å². The third-order valence-electron chi connectivity index (χ3n) is 3.45.